The molecule has 2 aromatic carbocycles. The van der Waals surface area contributed by atoms with Crippen molar-refractivity contribution < 1.29 is 18.0 Å². The number of hydrogen-bond acceptors (Lipinski definition) is 2. The number of anilines is 1. The molecule has 0 spiro atoms. The van der Waals surface area contributed by atoms with E-state index in [-0.39, 0.29) is 5.56 Å². The van der Waals surface area contributed by atoms with Gasteiger partial charge in [-0.1, -0.05) is 35.9 Å². The third-order valence-corrected chi connectivity index (χ3v) is 3.81. The number of alkyl halides is 3. The molecule has 0 saturated carbocycles. The van der Waals surface area contributed by atoms with Gasteiger partial charge in [-0.05, 0) is 30.7 Å². The predicted octanol–water partition coefficient (Wildman–Crippen LogP) is 4.51. The van der Waals surface area contributed by atoms with Gasteiger partial charge in [0.15, 0.2) is 0 Å². The fraction of sp³-hybridized carbons (Fsp3) is 0.158. The Bertz CT molecular complexity index is 914. The van der Waals surface area contributed by atoms with Gasteiger partial charge < -0.3 is 5.32 Å². The van der Waals surface area contributed by atoms with Gasteiger partial charge in [0, 0.05) is 11.8 Å². The van der Waals surface area contributed by atoms with Crippen LogP contribution in [0.4, 0.5) is 18.9 Å². The SMILES string of the molecule is Cc1ccc(Cn2cc(NC(=O)c3cccc(C(F)(F)F)c3)cn2)cc1. The number of amides is 1. The lowest BCUT2D eigenvalue weighted by atomic mass is 10.1. The summed E-state index contributed by atoms with van der Waals surface area (Å²) in [5.41, 5.74) is 1.70. The van der Waals surface area contributed by atoms with Crippen molar-refractivity contribution in [2.45, 2.75) is 19.6 Å². The van der Waals surface area contributed by atoms with E-state index >= 15 is 0 Å². The molecule has 4 nitrogen and oxygen atoms in total. The molecule has 0 aliphatic rings. The van der Waals surface area contributed by atoms with Crippen molar-refractivity contribution in [2.24, 2.45) is 0 Å². The summed E-state index contributed by atoms with van der Waals surface area (Å²) in [4.78, 5) is 12.2. The number of rotatable bonds is 4. The third kappa shape index (κ3) is 4.30. The third-order valence-electron chi connectivity index (χ3n) is 3.81. The molecular formula is C19H16F3N3O. The van der Waals surface area contributed by atoms with Gasteiger partial charge in [0.05, 0.1) is 24.0 Å². The smallest absolute Gasteiger partial charge is 0.319 e. The minimum absolute atomic E-state index is 0.0638. The lowest BCUT2D eigenvalue weighted by molar-refractivity contribution is -0.137. The normalized spacial score (nSPS) is 11.4. The number of carbonyl (C=O) groups excluding carboxylic acids is 1. The van der Waals surface area contributed by atoms with Crippen molar-refractivity contribution in [1.82, 2.24) is 9.78 Å². The Morgan fingerprint density at radius 3 is 2.58 bits per heavy atom. The van der Waals surface area contributed by atoms with Crippen molar-refractivity contribution in [1.29, 1.82) is 0 Å². The Kier molecular flexibility index (Phi) is 4.79. The number of halogens is 3. The largest absolute Gasteiger partial charge is 0.416 e. The maximum Gasteiger partial charge on any atom is 0.416 e. The molecule has 0 radical (unpaired) electrons. The fourth-order valence-corrected chi connectivity index (χ4v) is 2.44. The minimum atomic E-state index is -4.49. The summed E-state index contributed by atoms with van der Waals surface area (Å²) in [6.45, 7) is 2.53. The Balaban J connectivity index is 1.69. The Morgan fingerprint density at radius 2 is 1.88 bits per heavy atom. The average Bonchev–Trinajstić information content (AvgIpc) is 3.03. The van der Waals surface area contributed by atoms with Gasteiger partial charge >= 0.3 is 6.18 Å². The van der Waals surface area contributed by atoms with E-state index in [0.29, 0.717) is 12.2 Å². The minimum Gasteiger partial charge on any atom is -0.319 e. The first kappa shape index (κ1) is 17.7. The zero-order valence-corrected chi connectivity index (χ0v) is 13.9. The van der Waals surface area contributed by atoms with Gasteiger partial charge in [0.1, 0.15) is 0 Å². The molecule has 0 bridgehead atoms. The monoisotopic (exact) mass is 359 g/mol. The molecule has 0 saturated heterocycles. The van der Waals surface area contributed by atoms with Crippen LogP contribution in [-0.4, -0.2) is 15.7 Å². The first-order valence-corrected chi connectivity index (χ1v) is 7.88. The Hall–Kier alpha value is -3.09. The van der Waals surface area contributed by atoms with Crippen LogP contribution >= 0.6 is 0 Å². The van der Waals surface area contributed by atoms with E-state index < -0.39 is 17.6 Å². The van der Waals surface area contributed by atoms with Gasteiger partial charge in [-0.15, -0.1) is 0 Å². The number of nitrogens with one attached hydrogen (secondary N) is 1. The summed E-state index contributed by atoms with van der Waals surface area (Å²) >= 11 is 0. The Morgan fingerprint density at radius 1 is 1.15 bits per heavy atom. The lowest BCUT2D eigenvalue weighted by Crippen LogP contribution is -2.13. The molecule has 3 rings (SSSR count). The fourth-order valence-electron chi connectivity index (χ4n) is 2.44. The van der Waals surface area contributed by atoms with Crippen LogP contribution in [0.25, 0.3) is 0 Å². The number of carbonyl (C=O) groups is 1. The summed E-state index contributed by atoms with van der Waals surface area (Å²) < 4.78 is 39.9. The highest BCUT2D eigenvalue weighted by atomic mass is 19.4. The molecule has 1 aromatic heterocycles. The molecule has 0 fully saturated rings. The highest BCUT2D eigenvalue weighted by Gasteiger charge is 2.30. The van der Waals surface area contributed by atoms with Gasteiger partial charge in [-0.2, -0.15) is 18.3 Å². The van der Waals surface area contributed by atoms with E-state index in [4.69, 9.17) is 0 Å². The summed E-state index contributed by atoms with van der Waals surface area (Å²) in [5, 5.41) is 6.72. The van der Waals surface area contributed by atoms with Crippen LogP contribution in [-0.2, 0) is 12.7 Å². The molecule has 7 heteroatoms. The van der Waals surface area contributed by atoms with E-state index in [9.17, 15) is 18.0 Å². The molecule has 0 aliphatic carbocycles. The molecule has 134 valence electrons. The number of aryl methyl sites for hydroxylation is 1. The van der Waals surface area contributed by atoms with E-state index in [1.165, 1.54) is 18.3 Å². The van der Waals surface area contributed by atoms with E-state index in [1.807, 2.05) is 31.2 Å². The van der Waals surface area contributed by atoms with Crippen molar-refractivity contribution in [3.63, 3.8) is 0 Å². The van der Waals surface area contributed by atoms with Gasteiger partial charge in [-0.3, -0.25) is 9.48 Å². The summed E-state index contributed by atoms with van der Waals surface area (Å²) in [7, 11) is 0. The van der Waals surface area contributed by atoms with Crippen LogP contribution < -0.4 is 5.32 Å². The van der Waals surface area contributed by atoms with Crippen LogP contribution in [0.1, 0.15) is 27.0 Å². The quantitative estimate of drug-likeness (QED) is 0.745. The second-order valence-corrected chi connectivity index (χ2v) is 5.94. The van der Waals surface area contributed by atoms with Gasteiger partial charge in [-0.25, -0.2) is 0 Å². The molecule has 0 atom stereocenters. The molecule has 26 heavy (non-hydrogen) atoms. The summed E-state index contributed by atoms with van der Waals surface area (Å²) in [6.07, 6.45) is -1.40. The van der Waals surface area contributed by atoms with Crippen LogP contribution in [0, 0.1) is 6.92 Å². The maximum atomic E-state index is 12.7. The predicted molar refractivity (Wildman–Crippen MR) is 91.9 cm³/mol. The van der Waals surface area contributed by atoms with Crippen molar-refractivity contribution in [3.05, 3.63) is 83.2 Å². The van der Waals surface area contributed by atoms with E-state index in [0.717, 1.165) is 23.3 Å². The molecule has 0 aliphatic heterocycles. The molecule has 3 aromatic rings. The van der Waals surface area contributed by atoms with Crippen LogP contribution in [0.2, 0.25) is 0 Å². The highest BCUT2D eigenvalue weighted by molar-refractivity contribution is 6.04. The van der Waals surface area contributed by atoms with Crippen LogP contribution in [0.15, 0.2) is 60.9 Å². The van der Waals surface area contributed by atoms with E-state index in [2.05, 4.69) is 10.4 Å². The second kappa shape index (κ2) is 7.03. The molecule has 1 N–H and O–H groups in total. The number of hydrogen-bond donors (Lipinski definition) is 1. The van der Waals surface area contributed by atoms with Crippen LogP contribution in [0.3, 0.4) is 0 Å². The van der Waals surface area contributed by atoms with Crippen molar-refractivity contribution in [2.75, 3.05) is 5.32 Å². The zero-order chi connectivity index (χ0) is 18.7. The Labute approximate surface area is 148 Å². The highest BCUT2D eigenvalue weighted by Crippen LogP contribution is 2.29. The topological polar surface area (TPSA) is 46.9 Å². The summed E-state index contributed by atoms with van der Waals surface area (Å²) in [6, 6.07) is 12.3. The molecule has 1 amide bonds. The average molecular weight is 359 g/mol. The van der Waals surface area contributed by atoms with Crippen molar-refractivity contribution >= 4 is 11.6 Å². The van der Waals surface area contributed by atoms with E-state index in [1.54, 1.807) is 10.9 Å². The first-order valence-electron chi connectivity index (χ1n) is 7.88. The van der Waals surface area contributed by atoms with Gasteiger partial charge in [0.25, 0.3) is 5.91 Å². The molecular weight excluding hydrogens is 343 g/mol. The number of aromatic nitrogens is 2. The van der Waals surface area contributed by atoms with Crippen molar-refractivity contribution in [3.8, 4) is 0 Å². The molecule has 0 unspecified atom stereocenters. The maximum absolute atomic E-state index is 12.7. The number of nitrogens with zero attached hydrogens (tertiary/aromatic N) is 2. The molecule has 1 heterocycles. The lowest BCUT2D eigenvalue weighted by Gasteiger charge is -2.08. The second-order valence-electron chi connectivity index (χ2n) is 5.94. The van der Waals surface area contributed by atoms with Crippen LogP contribution in [0.5, 0.6) is 0 Å². The summed E-state index contributed by atoms with van der Waals surface area (Å²) in [5.74, 6) is -0.619. The van der Waals surface area contributed by atoms with Gasteiger partial charge in [0.2, 0.25) is 0 Å². The number of benzene rings is 2. The first-order chi connectivity index (χ1) is 12.3. The zero-order valence-electron chi connectivity index (χ0n) is 13.9. The standard InChI is InChI=1S/C19H16F3N3O/c1-13-5-7-14(8-6-13)11-25-12-17(10-23-25)24-18(26)15-3-2-4-16(9-15)19(20,21)22/h2-10,12H,11H2,1H3,(H,24,26).